The van der Waals surface area contributed by atoms with Crippen molar-refractivity contribution in [2.75, 3.05) is 5.43 Å². The van der Waals surface area contributed by atoms with Crippen molar-refractivity contribution in [3.05, 3.63) is 48.3 Å². The van der Waals surface area contributed by atoms with Crippen molar-refractivity contribution in [1.82, 2.24) is 15.4 Å². The number of benzene rings is 1. The summed E-state index contributed by atoms with van der Waals surface area (Å²) >= 11 is 0. The molecule has 5 heteroatoms. The van der Waals surface area contributed by atoms with Crippen molar-refractivity contribution >= 4 is 11.9 Å². The highest BCUT2D eigenvalue weighted by Gasteiger charge is 2.02. The number of rotatable bonds is 4. The van der Waals surface area contributed by atoms with E-state index in [4.69, 9.17) is 0 Å². The molecular weight excluding hydrogens is 204 g/mol. The van der Waals surface area contributed by atoms with Crippen LogP contribution in [0.15, 0.2) is 42.7 Å². The third-order valence-corrected chi connectivity index (χ3v) is 2.03. The van der Waals surface area contributed by atoms with Crippen LogP contribution in [0.4, 0.5) is 5.95 Å². The summed E-state index contributed by atoms with van der Waals surface area (Å²) in [6.45, 7) is 0. The maximum atomic E-state index is 11.5. The molecule has 1 aromatic carbocycles. The number of H-pyrrole nitrogens is 1. The molecule has 0 aliphatic heterocycles. The van der Waals surface area contributed by atoms with Gasteiger partial charge in [-0.05, 0) is 5.56 Å². The zero-order valence-electron chi connectivity index (χ0n) is 8.60. The highest BCUT2D eigenvalue weighted by molar-refractivity contribution is 5.79. The molecule has 0 saturated carbocycles. The van der Waals surface area contributed by atoms with Crippen molar-refractivity contribution in [2.24, 2.45) is 0 Å². The first-order valence-corrected chi connectivity index (χ1v) is 4.93. The molecule has 0 fully saturated rings. The number of carbonyl (C=O) groups excluding carboxylic acids is 1. The summed E-state index contributed by atoms with van der Waals surface area (Å²) in [5.74, 6) is 0.406. The number of carbonyl (C=O) groups is 1. The van der Waals surface area contributed by atoms with Crippen LogP contribution in [-0.4, -0.2) is 15.9 Å². The molecule has 0 atom stereocenters. The van der Waals surface area contributed by atoms with Gasteiger partial charge in [-0.3, -0.25) is 15.6 Å². The monoisotopic (exact) mass is 216 g/mol. The normalized spacial score (nSPS) is 9.75. The summed E-state index contributed by atoms with van der Waals surface area (Å²) < 4.78 is 0. The van der Waals surface area contributed by atoms with Gasteiger partial charge in [0.2, 0.25) is 11.9 Å². The molecule has 1 amide bonds. The number of imidazole rings is 1. The smallest absolute Gasteiger partial charge is 0.242 e. The van der Waals surface area contributed by atoms with Crippen LogP contribution in [0.1, 0.15) is 5.56 Å². The zero-order chi connectivity index (χ0) is 11.2. The van der Waals surface area contributed by atoms with Gasteiger partial charge in [0.1, 0.15) is 0 Å². The number of amides is 1. The Bertz CT molecular complexity index is 438. The number of anilines is 1. The van der Waals surface area contributed by atoms with Gasteiger partial charge in [0.15, 0.2) is 0 Å². The summed E-state index contributed by atoms with van der Waals surface area (Å²) in [6, 6.07) is 9.55. The van der Waals surface area contributed by atoms with Gasteiger partial charge in [-0.25, -0.2) is 4.98 Å². The van der Waals surface area contributed by atoms with Gasteiger partial charge in [-0.15, -0.1) is 0 Å². The maximum Gasteiger partial charge on any atom is 0.242 e. The maximum absolute atomic E-state index is 11.5. The Kier molecular flexibility index (Phi) is 3.18. The predicted molar refractivity (Wildman–Crippen MR) is 60.5 cm³/mol. The summed E-state index contributed by atoms with van der Waals surface area (Å²) in [4.78, 5) is 18.2. The number of aromatic nitrogens is 2. The molecule has 0 aliphatic carbocycles. The van der Waals surface area contributed by atoms with Crippen LogP contribution < -0.4 is 10.9 Å². The van der Waals surface area contributed by atoms with Crippen LogP contribution in [-0.2, 0) is 11.2 Å². The number of hydrogen-bond acceptors (Lipinski definition) is 3. The summed E-state index contributed by atoms with van der Waals surface area (Å²) in [5.41, 5.74) is 6.20. The summed E-state index contributed by atoms with van der Waals surface area (Å²) in [7, 11) is 0. The second-order valence-corrected chi connectivity index (χ2v) is 3.27. The Labute approximate surface area is 92.9 Å². The SMILES string of the molecule is O=C(Cc1ccccc1)NNc1ncc[nH]1. The molecule has 1 aromatic heterocycles. The molecule has 1 heterocycles. The van der Waals surface area contributed by atoms with E-state index in [1.807, 2.05) is 30.3 Å². The Morgan fingerprint density at radius 1 is 1.31 bits per heavy atom. The lowest BCUT2D eigenvalue weighted by molar-refractivity contribution is -0.119. The number of nitrogens with one attached hydrogen (secondary N) is 3. The fraction of sp³-hybridized carbons (Fsp3) is 0.0909. The minimum atomic E-state index is -0.109. The summed E-state index contributed by atoms with van der Waals surface area (Å²) in [6.07, 6.45) is 3.62. The molecule has 5 nitrogen and oxygen atoms in total. The molecule has 0 spiro atoms. The van der Waals surface area contributed by atoms with Gasteiger partial charge < -0.3 is 4.98 Å². The average molecular weight is 216 g/mol. The Morgan fingerprint density at radius 3 is 2.81 bits per heavy atom. The van der Waals surface area contributed by atoms with Gasteiger partial charge >= 0.3 is 0 Å². The highest BCUT2D eigenvalue weighted by Crippen LogP contribution is 1.99. The van der Waals surface area contributed by atoms with Crippen molar-refractivity contribution in [3.63, 3.8) is 0 Å². The first kappa shape index (κ1) is 10.2. The lowest BCUT2D eigenvalue weighted by Crippen LogP contribution is -2.31. The molecule has 16 heavy (non-hydrogen) atoms. The van der Waals surface area contributed by atoms with Crippen molar-refractivity contribution in [2.45, 2.75) is 6.42 Å². The molecule has 0 aliphatic rings. The fourth-order valence-corrected chi connectivity index (χ4v) is 1.29. The molecule has 82 valence electrons. The summed E-state index contributed by atoms with van der Waals surface area (Å²) in [5, 5.41) is 0. The lowest BCUT2D eigenvalue weighted by Gasteiger charge is -2.05. The zero-order valence-corrected chi connectivity index (χ0v) is 8.60. The number of aromatic amines is 1. The van der Waals surface area contributed by atoms with Crippen LogP contribution in [0, 0.1) is 0 Å². The van der Waals surface area contributed by atoms with Crippen LogP contribution in [0.2, 0.25) is 0 Å². The molecule has 3 N–H and O–H groups in total. The second kappa shape index (κ2) is 4.97. The lowest BCUT2D eigenvalue weighted by atomic mass is 10.1. The Balaban J connectivity index is 1.81. The van der Waals surface area contributed by atoms with Crippen LogP contribution >= 0.6 is 0 Å². The molecule has 2 aromatic rings. The molecule has 2 rings (SSSR count). The predicted octanol–water partition coefficient (Wildman–Crippen LogP) is 1.10. The van der Waals surface area contributed by atoms with Gasteiger partial charge in [-0.1, -0.05) is 30.3 Å². The minimum absolute atomic E-state index is 0.109. The van der Waals surface area contributed by atoms with Gasteiger partial charge in [0.25, 0.3) is 0 Å². The van der Waals surface area contributed by atoms with E-state index in [0.29, 0.717) is 12.4 Å². The fourth-order valence-electron chi connectivity index (χ4n) is 1.29. The van der Waals surface area contributed by atoms with E-state index in [1.165, 1.54) is 0 Å². The van der Waals surface area contributed by atoms with Crippen molar-refractivity contribution < 1.29 is 4.79 Å². The third kappa shape index (κ3) is 2.84. The average Bonchev–Trinajstić information content (AvgIpc) is 2.81. The molecule has 0 saturated heterocycles. The van der Waals surface area contributed by atoms with E-state index in [1.54, 1.807) is 12.4 Å². The van der Waals surface area contributed by atoms with Gasteiger partial charge in [0, 0.05) is 12.4 Å². The van der Waals surface area contributed by atoms with E-state index < -0.39 is 0 Å². The standard InChI is InChI=1S/C11H12N4O/c16-10(8-9-4-2-1-3-5-9)14-15-11-12-6-7-13-11/h1-7H,8H2,(H,14,16)(H2,12,13,15). The van der Waals surface area contributed by atoms with Crippen LogP contribution in [0.25, 0.3) is 0 Å². The van der Waals surface area contributed by atoms with E-state index in [2.05, 4.69) is 20.8 Å². The van der Waals surface area contributed by atoms with E-state index >= 15 is 0 Å². The molecule has 0 radical (unpaired) electrons. The second-order valence-electron chi connectivity index (χ2n) is 3.27. The molecular formula is C11H12N4O. The molecule has 0 bridgehead atoms. The van der Waals surface area contributed by atoms with Gasteiger partial charge in [-0.2, -0.15) is 0 Å². The van der Waals surface area contributed by atoms with E-state index in [0.717, 1.165) is 5.56 Å². The van der Waals surface area contributed by atoms with E-state index in [9.17, 15) is 4.79 Å². The number of nitrogens with zero attached hydrogens (tertiary/aromatic N) is 1. The number of hydrazine groups is 1. The first-order chi connectivity index (χ1) is 7.84. The van der Waals surface area contributed by atoms with Crippen molar-refractivity contribution in [3.8, 4) is 0 Å². The molecule has 0 unspecified atom stereocenters. The Morgan fingerprint density at radius 2 is 2.12 bits per heavy atom. The minimum Gasteiger partial charge on any atom is -0.330 e. The topological polar surface area (TPSA) is 69.8 Å². The number of hydrogen-bond donors (Lipinski definition) is 3. The van der Waals surface area contributed by atoms with Crippen molar-refractivity contribution in [1.29, 1.82) is 0 Å². The van der Waals surface area contributed by atoms with E-state index in [-0.39, 0.29) is 5.91 Å². The van der Waals surface area contributed by atoms with Crippen LogP contribution in [0.3, 0.4) is 0 Å². The highest BCUT2D eigenvalue weighted by atomic mass is 16.2. The first-order valence-electron chi connectivity index (χ1n) is 4.93. The largest absolute Gasteiger partial charge is 0.330 e. The third-order valence-electron chi connectivity index (χ3n) is 2.03. The van der Waals surface area contributed by atoms with Crippen LogP contribution in [0.5, 0.6) is 0 Å². The quantitative estimate of drug-likeness (QED) is 0.670. The Hall–Kier alpha value is -2.30. The van der Waals surface area contributed by atoms with Gasteiger partial charge in [0.05, 0.1) is 6.42 Å².